The number of ether oxygens (including phenoxy) is 1. The Morgan fingerprint density at radius 1 is 1.44 bits per heavy atom. The molecule has 0 fully saturated rings. The van der Waals surface area contributed by atoms with Gasteiger partial charge in [0.05, 0.1) is 18.6 Å². The number of hydrogen-bond donors (Lipinski definition) is 1. The molecule has 0 saturated heterocycles. The molecule has 0 saturated carbocycles. The number of rotatable bonds is 6. The summed E-state index contributed by atoms with van der Waals surface area (Å²) >= 11 is 0. The summed E-state index contributed by atoms with van der Waals surface area (Å²) in [5.41, 5.74) is 0.407. The summed E-state index contributed by atoms with van der Waals surface area (Å²) < 4.78 is 5.22. The van der Waals surface area contributed by atoms with Crippen LogP contribution in [-0.4, -0.2) is 18.8 Å². The Kier molecular flexibility index (Phi) is 5.18. The summed E-state index contributed by atoms with van der Waals surface area (Å²) in [7, 11) is 1.62. The molecule has 0 aromatic heterocycles. The number of benzene rings is 1. The number of methoxy groups -OCH3 is 1. The zero-order chi connectivity index (χ0) is 13.6. The topological polar surface area (TPSA) is 53.2 Å². The fraction of sp³-hybridized carbons (Fsp3) is 0.533. The lowest BCUT2D eigenvalue weighted by atomic mass is 9.70. The highest BCUT2D eigenvalue weighted by molar-refractivity contribution is 5.38. The van der Waals surface area contributed by atoms with Gasteiger partial charge in [0, 0.05) is 6.61 Å². The van der Waals surface area contributed by atoms with Crippen molar-refractivity contribution in [1.29, 1.82) is 5.26 Å². The summed E-state index contributed by atoms with van der Waals surface area (Å²) in [5.74, 6) is 0.943. The predicted octanol–water partition coefficient (Wildman–Crippen LogP) is 2.89. The maximum absolute atomic E-state index is 9.62. The second kappa shape index (κ2) is 6.42. The van der Waals surface area contributed by atoms with Crippen LogP contribution in [0.15, 0.2) is 24.3 Å². The summed E-state index contributed by atoms with van der Waals surface area (Å²) in [6, 6.07) is 10.1. The van der Waals surface area contributed by atoms with Crippen molar-refractivity contribution in [2.45, 2.75) is 32.1 Å². The normalized spacial score (nSPS) is 14.0. The minimum Gasteiger partial charge on any atom is -0.497 e. The van der Waals surface area contributed by atoms with Gasteiger partial charge in [0.15, 0.2) is 0 Å². The predicted molar refractivity (Wildman–Crippen MR) is 71.4 cm³/mol. The van der Waals surface area contributed by atoms with Crippen LogP contribution in [-0.2, 0) is 5.41 Å². The molecule has 0 aliphatic carbocycles. The van der Waals surface area contributed by atoms with Gasteiger partial charge in [-0.25, -0.2) is 0 Å². The van der Waals surface area contributed by atoms with Crippen LogP contribution in [0.2, 0.25) is 0 Å². The Morgan fingerprint density at radius 3 is 2.67 bits per heavy atom. The molecule has 3 heteroatoms. The molecule has 1 aromatic rings. The van der Waals surface area contributed by atoms with E-state index in [4.69, 9.17) is 9.84 Å². The lowest BCUT2D eigenvalue weighted by molar-refractivity contribution is 0.256. The molecule has 18 heavy (non-hydrogen) atoms. The maximum Gasteiger partial charge on any atom is 0.119 e. The fourth-order valence-corrected chi connectivity index (χ4v) is 2.27. The molecule has 1 rings (SSSR count). The van der Waals surface area contributed by atoms with Crippen LogP contribution in [0.25, 0.3) is 0 Å². The fourth-order valence-electron chi connectivity index (χ4n) is 2.27. The van der Waals surface area contributed by atoms with E-state index >= 15 is 0 Å². The van der Waals surface area contributed by atoms with Crippen LogP contribution in [0.5, 0.6) is 5.75 Å². The molecule has 0 heterocycles. The van der Waals surface area contributed by atoms with Gasteiger partial charge in [-0.2, -0.15) is 5.26 Å². The van der Waals surface area contributed by atoms with Gasteiger partial charge in [0.1, 0.15) is 5.75 Å². The van der Waals surface area contributed by atoms with E-state index in [-0.39, 0.29) is 12.5 Å². The molecule has 98 valence electrons. The van der Waals surface area contributed by atoms with E-state index in [1.54, 1.807) is 7.11 Å². The maximum atomic E-state index is 9.62. The second-order valence-corrected chi connectivity index (χ2v) is 4.80. The van der Waals surface area contributed by atoms with Gasteiger partial charge in [-0.15, -0.1) is 0 Å². The first-order valence-corrected chi connectivity index (χ1v) is 6.27. The van der Waals surface area contributed by atoms with Gasteiger partial charge >= 0.3 is 0 Å². The Morgan fingerprint density at radius 2 is 2.17 bits per heavy atom. The average molecular weight is 247 g/mol. The van der Waals surface area contributed by atoms with Crippen molar-refractivity contribution in [1.82, 2.24) is 0 Å². The highest BCUT2D eigenvalue weighted by Gasteiger charge is 2.35. The van der Waals surface area contributed by atoms with Crippen LogP contribution < -0.4 is 4.74 Å². The first-order chi connectivity index (χ1) is 8.60. The quantitative estimate of drug-likeness (QED) is 0.841. The zero-order valence-electron chi connectivity index (χ0n) is 11.3. The Balaban J connectivity index is 3.20. The van der Waals surface area contributed by atoms with Crippen molar-refractivity contribution in [3.8, 4) is 11.8 Å². The van der Waals surface area contributed by atoms with Crippen LogP contribution in [0.4, 0.5) is 0 Å². The molecule has 3 nitrogen and oxygen atoms in total. The lowest BCUT2D eigenvalue weighted by Crippen LogP contribution is -2.31. The molecule has 0 aliphatic heterocycles. The number of aliphatic hydroxyl groups is 1. The smallest absolute Gasteiger partial charge is 0.119 e. The molecular weight excluding hydrogens is 226 g/mol. The molecule has 1 atom stereocenters. The Bertz CT molecular complexity index is 423. The molecule has 1 aromatic carbocycles. The first-order valence-electron chi connectivity index (χ1n) is 6.27. The molecule has 0 aliphatic rings. The summed E-state index contributed by atoms with van der Waals surface area (Å²) in [4.78, 5) is 0. The van der Waals surface area contributed by atoms with Gasteiger partial charge in [0.2, 0.25) is 0 Å². The molecule has 1 unspecified atom stereocenters. The van der Waals surface area contributed by atoms with E-state index < -0.39 is 5.41 Å². The second-order valence-electron chi connectivity index (χ2n) is 4.80. The largest absolute Gasteiger partial charge is 0.497 e. The highest BCUT2D eigenvalue weighted by Crippen LogP contribution is 2.37. The molecule has 0 bridgehead atoms. The van der Waals surface area contributed by atoms with Crippen LogP contribution >= 0.6 is 0 Å². The standard InChI is InChI=1S/C15H21NO2/c1-12(2)15(11-16,8-5-9-17)13-6-4-7-14(10-13)18-3/h4,6-7,10,12,17H,5,8-9H2,1-3H3. The number of aliphatic hydroxyl groups excluding tert-OH is 1. The van der Waals surface area contributed by atoms with Gasteiger partial charge in [-0.3, -0.25) is 0 Å². The van der Waals surface area contributed by atoms with Crippen LogP contribution in [0.3, 0.4) is 0 Å². The van der Waals surface area contributed by atoms with Gasteiger partial charge < -0.3 is 9.84 Å². The third-order valence-electron chi connectivity index (χ3n) is 3.50. The van der Waals surface area contributed by atoms with Crippen molar-refractivity contribution >= 4 is 0 Å². The Labute approximate surface area is 109 Å². The third kappa shape index (κ3) is 2.83. The van der Waals surface area contributed by atoms with E-state index in [1.807, 2.05) is 38.1 Å². The van der Waals surface area contributed by atoms with E-state index in [9.17, 15) is 5.26 Å². The number of hydrogen-bond acceptors (Lipinski definition) is 3. The van der Waals surface area contributed by atoms with Crippen molar-refractivity contribution in [2.75, 3.05) is 13.7 Å². The minimum atomic E-state index is -0.558. The van der Waals surface area contributed by atoms with Crippen molar-refractivity contribution in [3.63, 3.8) is 0 Å². The summed E-state index contributed by atoms with van der Waals surface area (Å²) in [6.07, 6.45) is 1.29. The molecule has 0 radical (unpaired) electrons. The first kappa shape index (κ1) is 14.5. The van der Waals surface area contributed by atoms with E-state index in [2.05, 4.69) is 6.07 Å². The monoisotopic (exact) mass is 247 g/mol. The van der Waals surface area contributed by atoms with Crippen molar-refractivity contribution < 1.29 is 9.84 Å². The zero-order valence-corrected chi connectivity index (χ0v) is 11.3. The SMILES string of the molecule is COc1cccc(C(C#N)(CCCO)C(C)C)c1. The Hall–Kier alpha value is -1.53. The lowest BCUT2D eigenvalue weighted by Gasteiger charge is -2.31. The number of nitrogens with zero attached hydrogens (tertiary/aromatic N) is 1. The molecule has 0 spiro atoms. The van der Waals surface area contributed by atoms with Crippen molar-refractivity contribution in [3.05, 3.63) is 29.8 Å². The van der Waals surface area contributed by atoms with Gasteiger partial charge in [-0.1, -0.05) is 26.0 Å². The summed E-state index contributed by atoms with van der Waals surface area (Å²) in [6.45, 7) is 4.19. The third-order valence-corrected chi connectivity index (χ3v) is 3.50. The van der Waals surface area contributed by atoms with E-state index in [1.165, 1.54) is 0 Å². The van der Waals surface area contributed by atoms with Crippen LogP contribution in [0, 0.1) is 17.2 Å². The minimum absolute atomic E-state index is 0.111. The van der Waals surface area contributed by atoms with E-state index in [0.717, 1.165) is 11.3 Å². The van der Waals surface area contributed by atoms with E-state index in [0.29, 0.717) is 12.8 Å². The molecule has 0 amide bonds. The van der Waals surface area contributed by atoms with Crippen molar-refractivity contribution in [2.24, 2.45) is 5.92 Å². The molecule has 1 N–H and O–H groups in total. The van der Waals surface area contributed by atoms with Gasteiger partial charge in [0.25, 0.3) is 0 Å². The number of nitriles is 1. The highest BCUT2D eigenvalue weighted by atomic mass is 16.5. The average Bonchev–Trinajstić information content (AvgIpc) is 2.40. The van der Waals surface area contributed by atoms with Gasteiger partial charge in [-0.05, 0) is 36.5 Å². The van der Waals surface area contributed by atoms with Crippen LogP contribution in [0.1, 0.15) is 32.3 Å². The summed E-state index contributed by atoms with van der Waals surface area (Å²) in [5, 5.41) is 18.6. The molecular formula is C15H21NO2.